The molecule has 0 saturated carbocycles. The van der Waals surface area contributed by atoms with Crippen molar-refractivity contribution in [1.29, 1.82) is 0 Å². The van der Waals surface area contributed by atoms with Crippen molar-refractivity contribution in [3.8, 4) is 0 Å². The highest BCUT2D eigenvalue weighted by atomic mass is 16.5. The van der Waals surface area contributed by atoms with Crippen LogP contribution in [0.3, 0.4) is 0 Å². The van der Waals surface area contributed by atoms with Gasteiger partial charge in [-0.3, -0.25) is 4.79 Å². The predicted octanol–water partition coefficient (Wildman–Crippen LogP) is 1.47. The highest BCUT2D eigenvalue weighted by Gasteiger charge is 2.26. The second-order valence-electron chi connectivity index (χ2n) is 4.78. The van der Waals surface area contributed by atoms with Crippen molar-refractivity contribution in [1.82, 2.24) is 10.3 Å². The Morgan fingerprint density at radius 3 is 2.85 bits per heavy atom. The van der Waals surface area contributed by atoms with E-state index < -0.39 is 5.97 Å². The molecule has 0 radical (unpaired) electrons. The third kappa shape index (κ3) is 3.33. The van der Waals surface area contributed by atoms with Crippen molar-refractivity contribution in [2.24, 2.45) is 0 Å². The molecule has 1 aliphatic heterocycles. The van der Waals surface area contributed by atoms with Crippen LogP contribution < -0.4 is 5.32 Å². The summed E-state index contributed by atoms with van der Waals surface area (Å²) in [6.07, 6.45) is 4.11. The number of carboxylic acid groups (broad SMARTS) is 1. The molecule has 0 aromatic carbocycles. The summed E-state index contributed by atoms with van der Waals surface area (Å²) in [5.74, 6) is -1.36. The van der Waals surface area contributed by atoms with Gasteiger partial charge in [0.2, 0.25) is 0 Å². The Balaban J connectivity index is 2.00. The third-order valence-corrected chi connectivity index (χ3v) is 3.41. The molecule has 1 aliphatic rings. The number of carbonyl (C=O) groups excluding carboxylic acids is 1. The molecule has 6 heteroatoms. The van der Waals surface area contributed by atoms with Gasteiger partial charge in [0.1, 0.15) is 5.69 Å². The number of hydrogen-bond acceptors (Lipinski definition) is 4. The monoisotopic (exact) mass is 278 g/mol. The number of carboxylic acids is 1. The van der Waals surface area contributed by atoms with E-state index in [1.807, 2.05) is 6.92 Å². The van der Waals surface area contributed by atoms with E-state index in [1.54, 1.807) is 0 Å². The number of nitrogens with zero attached hydrogens (tertiary/aromatic N) is 1. The summed E-state index contributed by atoms with van der Waals surface area (Å²) >= 11 is 0. The van der Waals surface area contributed by atoms with E-state index in [9.17, 15) is 9.59 Å². The Hall–Kier alpha value is -1.95. The number of ether oxygens (including phenoxy) is 1. The lowest BCUT2D eigenvalue weighted by atomic mass is 10.1. The van der Waals surface area contributed by atoms with E-state index in [0.717, 1.165) is 25.9 Å². The van der Waals surface area contributed by atoms with Crippen molar-refractivity contribution in [3.63, 3.8) is 0 Å². The molecule has 20 heavy (non-hydrogen) atoms. The van der Waals surface area contributed by atoms with Gasteiger partial charge in [0.05, 0.1) is 17.7 Å². The van der Waals surface area contributed by atoms with Crippen LogP contribution in [0.4, 0.5) is 0 Å². The normalized spacial score (nSPS) is 19.6. The van der Waals surface area contributed by atoms with E-state index in [2.05, 4.69) is 10.3 Å². The molecule has 1 aromatic rings. The van der Waals surface area contributed by atoms with E-state index in [0.29, 0.717) is 5.56 Å². The predicted molar refractivity (Wildman–Crippen MR) is 71.7 cm³/mol. The van der Waals surface area contributed by atoms with Gasteiger partial charge in [-0.25, -0.2) is 9.78 Å². The zero-order valence-corrected chi connectivity index (χ0v) is 11.3. The molecule has 2 heterocycles. The molecule has 0 aliphatic carbocycles. The standard InChI is InChI=1S/C14H18N2O4/c1-2-10(12-4-3-7-20-12)16-13(17)9-5-6-11(14(18)19)15-8-9/h5-6,8,10,12H,2-4,7H2,1H3,(H,16,17)(H,18,19). The van der Waals surface area contributed by atoms with Gasteiger partial charge in [0, 0.05) is 12.8 Å². The molecule has 6 nitrogen and oxygen atoms in total. The maximum Gasteiger partial charge on any atom is 0.354 e. The Labute approximate surface area is 117 Å². The molecule has 1 saturated heterocycles. The summed E-state index contributed by atoms with van der Waals surface area (Å²) in [6, 6.07) is 2.77. The molecule has 0 bridgehead atoms. The van der Waals surface area contributed by atoms with Crippen LogP contribution in [0, 0.1) is 0 Å². The SMILES string of the molecule is CCC(NC(=O)c1ccc(C(=O)O)nc1)C1CCCO1. The molecule has 1 aromatic heterocycles. The van der Waals surface area contributed by atoms with E-state index >= 15 is 0 Å². The first kappa shape index (κ1) is 14.5. The average molecular weight is 278 g/mol. The maximum absolute atomic E-state index is 12.1. The number of hydrogen-bond donors (Lipinski definition) is 2. The average Bonchev–Trinajstić information content (AvgIpc) is 2.98. The van der Waals surface area contributed by atoms with Crippen LogP contribution in [-0.2, 0) is 4.74 Å². The number of pyridine rings is 1. The van der Waals surface area contributed by atoms with Crippen molar-refractivity contribution in [3.05, 3.63) is 29.6 Å². The molecule has 2 rings (SSSR count). The lowest BCUT2D eigenvalue weighted by Gasteiger charge is -2.22. The van der Waals surface area contributed by atoms with Gasteiger partial charge in [-0.05, 0) is 31.4 Å². The van der Waals surface area contributed by atoms with E-state index in [1.165, 1.54) is 18.3 Å². The third-order valence-electron chi connectivity index (χ3n) is 3.41. The summed E-state index contributed by atoms with van der Waals surface area (Å²) in [5.41, 5.74) is 0.277. The van der Waals surface area contributed by atoms with Crippen LogP contribution in [0.2, 0.25) is 0 Å². The quantitative estimate of drug-likeness (QED) is 0.851. The summed E-state index contributed by atoms with van der Waals surface area (Å²) < 4.78 is 5.59. The van der Waals surface area contributed by atoms with Crippen LogP contribution in [-0.4, -0.2) is 40.7 Å². The number of amides is 1. The first-order valence-electron chi connectivity index (χ1n) is 6.73. The van der Waals surface area contributed by atoms with E-state index in [4.69, 9.17) is 9.84 Å². The minimum absolute atomic E-state index is 0.0239. The number of aromatic carboxylic acids is 1. The smallest absolute Gasteiger partial charge is 0.354 e. The largest absolute Gasteiger partial charge is 0.477 e. The summed E-state index contributed by atoms with van der Waals surface area (Å²) in [7, 11) is 0. The lowest BCUT2D eigenvalue weighted by Crippen LogP contribution is -2.42. The Morgan fingerprint density at radius 1 is 1.55 bits per heavy atom. The highest BCUT2D eigenvalue weighted by Crippen LogP contribution is 2.18. The van der Waals surface area contributed by atoms with Crippen molar-refractivity contribution in [2.75, 3.05) is 6.61 Å². The summed E-state index contributed by atoms with van der Waals surface area (Å²) in [6.45, 7) is 2.74. The van der Waals surface area contributed by atoms with Crippen molar-refractivity contribution >= 4 is 11.9 Å². The van der Waals surface area contributed by atoms with E-state index in [-0.39, 0.29) is 23.7 Å². The molecule has 2 N–H and O–H groups in total. The fourth-order valence-electron chi connectivity index (χ4n) is 2.28. The topological polar surface area (TPSA) is 88.5 Å². The molecular weight excluding hydrogens is 260 g/mol. The molecule has 0 spiro atoms. The van der Waals surface area contributed by atoms with Gasteiger partial charge in [-0.1, -0.05) is 6.92 Å². The van der Waals surface area contributed by atoms with Gasteiger partial charge < -0.3 is 15.2 Å². The lowest BCUT2D eigenvalue weighted by molar-refractivity contribution is 0.0663. The second kappa shape index (κ2) is 6.47. The van der Waals surface area contributed by atoms with Crippen LogP contribution in [0.25, 0.3) is 0 Å². The number of nitrogens with one attached hydrogen (secondary N) is 1. The fraction of sp³-hybridized carbons (Fsp3) is 0.500. The second-order valence-corrected chi connectivity index (χ2v) is 4.78. The molecule has 2 atom stereocenters. The van der Waals surface area contributed by atoms with Crippen LogP contribution >= 0.6 is 0 Å². The van der Waals surface area contributed by atoms with Crippen molar-refractivity contribution in [2.45, 2.75) is 38.3 Å². The molecule has 2 unspecified atom stereocenters. The molecule has 1 fully saturated rings. The minimum Gasteiger partial charge on any atom is -0.477 e. The van der Waals surface area contributed by atoms with Gasteiger partial charge in [0.15, 0.2) is 0 Å². The number of rotatable bonds is 5. The van der Waals surface area contributed by atoms with Crippen molar-refractivity contribution < 1.29 is 19.4 Å². The highest BCUT2D eigenvalue weighted by molar-refractivity contribution is 5.95. The minimum atomic E-state index is -1.11. The van der Waals surface area contributed by atoms with Gasteiger partial charge >= 0.3 is 5.97 Å². The van der Waals surface area contributed by atoms with Gasteiger partial charge in [-0.15, -0.1) is 0 Å². The fourth-order valence-corrected chi connectivity index (χ4v) is 2.28. The molecule has 1 amide bonds. The van der Waals surface area contributed by atoms with Crippen LogP contribution in [0.5, 0.6) is 0 Å². The zero-order valence-electron chi connectivity index (χ0n) is 11.3. The first-order valence-corrected chi connectivity index (χ1v) is 6.73. The van der Waals surface area contributed by atoms with Crippen LogP contribution in [0.15, 0.2) is 18.3 Å². The maximum atomic E-state index is 12.1. The zero-order chi connectivity index (χ0) is 14.5. The Morgan fingerprint density at radius 2 is 2.35 bits per heavy atom. The summed E-state index contributed by atoms with van der Waals surface area (Å²) in [4.78, 5) is 26.5. The first-order chi connectivity index (χ1) is 9.61. The van der Waals surface area contributed by atoms with Crippen LogP contribution in [0.1, 0.15) is 47.0 Å². The Kier molecular flexibility index (Phi) is 4.68. The molecular formula is C14H18N2O4. The number of aromatic nitrogens is 1. The Bertz CT molecular complexity index is 480. The van der Waals surface area contributed by atoms with Gasteiger partial charge in [0.25, 0.3) is 5.91 Å². The van der Waals surface area contributed by atoms with Gasteiger partial charge in [-0.2, -0.15) is 0 Å². The summed E-state index contributed by atoms with van der Waals surface area (Å²) in [5, 5.41) is 11.7. The number of carbonyl (C=O) groups is 2. The molecule has 108 valence electrons.